The summed E-state index contributed by atoms with van der Waals surface area (Å²) >= 11 is 0. The van der Waals surface area contributed by atoms with Gasteiger partial charge in [0.05, 0.1) is 12.7 Å². The van der Waals surface area contributed by atoms with E-state index in [0.29, 0.717) is 25.0 Å². The Kier molecular flexibility index (Phi) is 7.46. The number of nitrogens with one attached hydrogen (secondary N) is 2. The van der Waals surface area contributed by atoms with Gasteiger partial charge in [0.15, 0.2) is 5.96 Å². The monoisotopic (exact) mass is 336 g/mol. The molecule has 1 saturated heterocycles. The quantitative estimate of drug-likeness (QED) is 0.615. The molecule has 0 aromatic heterocycles. The molecule has 1 aromatic carbocycles. The summed E-state index contributed by atoms with van der Waals surface area (Å²) in [6.07, 6.45) is 0.158. The molecule has 2 N–H and O–H groups in total. The molecule has 0 amide bonds. The Bertz CT molecular complexity index is 536. The zero-order valence-corrected chi connectivity index (χ0v) is 14.9. The topological polar surface area (TPSA) is 48.9 Å². The smallest absolute Gasteiger partial charge is 0.191 e. The highest BCUT2D eigenvalue weighted by Gasteiger charge is 2.21. The maximum atomic E-state index is 13.2. The van der Waals surface area contributed by atoms with Crippen LogP contribution >= 0.6 is 0 Å². The van der Waals surface area contributed by atoms with Crippen LogP contribution in [0.1, 0.15) is 19.4 Å². The maximum absolute atomic E-state index is 13.2. The SMILES string of the molecule is CN=C(NCc1cccc(F)c1)NCC1CN(CC(C)C)CCO1. The van der Waals surface area contributed by atoms with E-state index in [4.69, 9.17) is 4.74 Å². The molecule has 1 heterocycles. The fourth-order valence-corrected chi connectivity index (χ4v) is 2.85. The highest BCUT2D eigenvalue weighted by Crippen LogP contribution is 2.07. The predicted molar refractivity (Wildman–Crippen MR) is 95.6 cm³/mol. The Labute approximate surface area is 144 Å². The summed E-state index contributed by atoms with van der Waals surface area (Å²) < 4.78 is 19.0. The summed E-state index contributed by atoms with van der Waals surface area (Å²) in [5.41, 5.74) is 0.884. The van der Waals surface area contributed by atoms with Crippen molar-refractivity contribution in [3.63, 3.8) is 0 Å². The Hall–Kier alpha value is -1.66. The van der Waals surface area contributed by atoms with Gasteiger partial charge >= 0.3 is 0 Å². The van der Waals surface area contributed by atoms with Gasteiger partial charge in [0.25, 0.3) is 0 Å². The van der Waals surface area contributed by atoms with Crippen molar-refractivity contribution in [2.45, 2.75) is 26.5 Å². The molecular formula is C18H29FN4O. The van der Waals surface area contributed by atoms with Crippen molar-refractivity contribution < 1.29 is 9.13 Å². The molecule has 1 unspecified atom stereocenters. The van der Waals surface area contributed by atoms with Crippen LogP contribution in [0.2, 0.25) is 0 Å². The number of benzene rings is 1. The molecule has 24 heavy (non-hydrogen) atoms. The van der Waals surface area contributed by atoms with E-state index in [2.05, 4.69) is 34.4 Å². The number of hydrogen-bond acceptors (Lipinski definition) is 3. The van der Waals surface area contributed by atoms with Crippen molar-refractivity contribution in [3.05, 3.63) is 35.6 Å². The summed E-state index contributed by atoms with van der Waals surface area (Å²) in [5.74, 6) is 1.14. The van der Waals surface area contributed by atoms with Crippen molar-refractivity contribution in [1.29, 1.82) is 0 Å². The first-order valence-electron chi connectivity index (χ1n) is 8.59. The molecule has 0 saturated carbocycles. The molecule has 2 rings (SSSR count). The Morgan fingerprint density at radius 3 is 2.96 bits per heavy atom. The predicted octanol–water partition coefficient (Wildman–Crippen LogP) is 1.85. The molecule has 0 bridgehead atoms. The summed E-state index contributed by atoms with van der Waals surface area (Å²) in [6, 6.07) is 6.56. The standard InChI is InChI=1S/C18H29FN4O/c1-14(2)12-23-7-8-24-17(13-23)11-22-18(20-3)21-10-15-5-4-6-16(19)9-15/h4-6,9,14,17H,7-8,10-13H2,1-3H3,(H2,20,21,22). The number of morpholine rings is 1. The maximum Gasteiger partial charge on any atom is 0.191 e. The second-order valence-electron chi connectivity index (χ2n) is 6.58. The average molecular weight is 336 g/mol. The number of rotatable bonds is 6. The van der Waals surface area contributed by atoms with Crippen LogP contribution in [0.15, 0.2) is 29.3 Å². The zero-order chi connectivity index (χ0) is 17.4. The Balaban J connectivity index is 1.75. The largest absolute Gasteiger partial charge is 0.374 e. The van der Waals surface area contributed by atoms with E-state index in [1.54, 1.807) is 13.1 Å². The van der Waals surface area contributed by atoms with Crippen LogP contribution in [0.25, 0.3) is 0 Å². The number of nitrogens with zero attached hydrogens (tertiary/aromatic N) is 2. The van der Waals surface area contributed by atoms with Gasteiger partial charge in [-0.2, -0.15) is 0 Å². The summed E-state index contributed by atoms with van der Waals surface area (Å²) in [7, 11) is 1.73. The molecule has 6 heteroatoms. The van der Waals surface area contributed by atoms with E-state index in [0.717, 1.165) is 31.8 Å². The van der Waals surface area contributed by atoms with Crippen LogP contribution < -0.4 is 10.6 Å². The molecule has 1 fully saturated rings. The van der Waals surface area contributed by atoms with Crippen LogP contribution in [0.3, 0.4) is 0 Å². The van der Waals surface area contributed by atoms with E-state index in [9.17, 15) is 4.39 Å². The third-order valence-electron chi connectivity index (χ3n) is 3.92. The van der Waals surface area contributed by atoms with E-state index >= 15 is 0 Å². The summed E-state index contributed by atoms with van der Waals surface area (Å²) in [4.78, 5) is 6.66. The highest BCUT2D eigenvalue weighted by atomic mass is 19.1. The van der Waals surface area contributed by atoms with Crippen LogP contribution in [0, 0.1) is 11.7 Å². The summed E-state index contributed by atoms with van der Waals surface area (Å²) in [6.45, 7) is 9.52. The molecule has 0 radical (unpaired) electrons. The molecule has 0 aliphatic carbocycles. The number of halogens is 1. The normalized spacial score (nSPS) is 19.5. The van der Waals surface area contributed by atoms with Gasteiger partial charge in [0, 0.05) is 39.8 Å². The minimum Gasteiger partial charge on any atom is -0.374 e. The molecule has 1 aliphatic heterocycles. The number of ether oxygens (including phenoxy) is 1. The van der Waals surface area contributed by atoms with Gasteiger partial charge in [0.2, 0.25) is 0 Å². The van der Waals surface area contributed by atoms with Crippen LogP contribution in [0.4, 0.5) is 4.39 Å². The second-order valence-corrected chi connectivity index (χ2v) is 6.58. The van der Waals surface area contributed by atoms with Gasteiger partial charge in [-0.05, 0) is 23.6 Å². The molecular weight excluding hydrogens is 307 g/mol. The van der Waals surface area contributed by atoms with Gasteiger partial charge in [-0.25, -0.2) is 4.39 Å². The van der Waals surface area contributed by atoms with E-state index in [1.165, 1.54) is 12.1 Å². The minimum atomic E-state index is -0.224. The van der Waals surface area contributed by atoms with Crippen molar-refractivity contribution in [2.24, 2.45) is 10.9 Å². The first-order chi connectivity index (χ1) is 11.6. The van der Waals surface area contributed by atoms with Crippen molar-refractivity contribution in [2.75, 3.05) is 39.8 Å². The zero-order valence-electron chi connectivity index (χ0n) is 14.9. The molecule has 5 nitrogen and oxygen atoms in total. The van der Waals surface area contributed by atoms with Gasteiger partial charge in [-0.3, -0.25) is 9.89 Å². The van der Waals surface area contributed by atoms with Gasteiger partial charge in [-0.15, -0.1) is 0 Å². The lowest BCUT2D eigenvalue weighted by Gasteiger charge is -2.34. The third-order valence-corrected chi connectivity index (χ3v) is 3.92. The third kappa shape index (κ3) is 6.45. The number of guanidine groups is 1. The number of hydrogen-bond donors (Lipinski definition) is 2. The lowest BCUT2D eigenvalue weighted by atomic mass is 10.2. The second kappa shape index (κ2) is 9.59. The lowest BCUT2D eigenvalue weighted by molar-refractivity contribution is -0.0284. The van der Waals surface area contributed by atoms with E-state index < -0.39 is 0 Å². The van der Waals surface area contributed by atoms with Crippen molar-refractivity contribution >= 4 is 5.96 Å². The van der Waals surface area contributed by atoms with Crippen LogP contribution in [0.5, 0.6) is 0 Å². The molecule has 1 aliphatic rings. The molecule has 134 valence electrons. The van der Waals surface area contributed by atoms with Gasteiger partial charge in [0.1, 0.15) is 5.82 Å². The van der Waals surface area contributed by atoms with Crippen molar-refractivity contribution in [1.82, 2.24) is 15.5 Å². The molecule has 1 atom stereocenters. The number of aliphatic imine (C=N–C) groups is 1. The van der Waals surface area contributed by atoms with Crippen LogP contribution in [-0.2, 0) is 11.3 Å². The Morgan fingerprint density at radius 2 is 2.25 bits per heavy atom. The first kappa shape index (κ1) is 18.7. The van der Waals surface area contributed by atoms with Gasteiger partial charge < -0.3 is 15.4 Å². The van der Waals surface area contributed by atoms with E-state index in [1.807, 2.05) is 6.07 Å². The highest BCUT2D eigenvalue weighted by molar-refractivity contribution is 5.79. The average Bonchev–Trinajstić information content (AvgIpc) is 2.55. The fourth-order valence-electron chi connectivity index (χ4n) is 2.85. The van der Waals surface area contributed by atoms with E-state index in [-0.39, 0.29) is 11.9 Å². The lowest BCUT2D eigenvalue weighted by Crippen LogP contribution is -2.50. The molecule has 0 spiro atoms. The first-order valence-corrected chi connectivity index (χ1v) is 8.59. The fraction of sp³-hybridized carbons (Fsp3) is 0.611. The van der Waals surface area contributed by atoms with Crippen molar-refractivity contribution in [3.8, 4) is 0 Å². The van der Waals surface area contributed by atoms with Gasteiger partial charge in [-0.1, -0.05) is 26.0 Å². The summed E-state index contributed by atoms with van der Waals surface area (Å²) in [5, 5.41) is 6.49. The van der Waals surface area contributed by atoms with Crippen LogP contribution in [-0.4, -0.2) is 56.8 Å². The minimum absolute atomic E-state index is 0.158. The Morgan fingerprint density at radius 1 is 1.42 bits per heavy atom. The molecule has 1 aromatic rings.